The molecule has 182 valence electrons. The maximum Gasteiger partial charge on any atom is 0.258 e. The van der Waals surface area contributed by atoms with Crippen molar-refractivity contribution in [2.75, 3.05) is 12.3 Å². The molecular formula is C25H31ClFN5O2. The summed E-state index contributed by atoms with van der Waals surface area (Å²) >= 11 is 6.31. The van der Waals surface area contributed by atoms with Gasteiger partial charge in [0.15, 0.2) is 5.82 Å². The van der Waals surface area contributed by atoms with Crippen molar-refractivity contribution in [1.82, 2.24) is 19.7 Å². The number of carbonyl (C=O) groups excluding carboxylic acids is 1. The zero-order valence-electron chi connectivity index (χ0n) is 20.0. The lowest BCUT2D eigenvalue weighted by molar-refractivity contribution is 0.0936. The van der Waals surface area contributed by atoms with Gasteiger partial charge in [-0.15, -0.1) is 0 Å². The van der Waals surface area contributed by atoms with Crippen molar-refractivity contribution in [2.24, 2.45) is 5.92 Å². The van der Waals surface area contributed by atoms with E-state index in [2.05, 4.69) is 10.3 Å². The number of nitrogens with zero attached hydrogens (tertiary/aromatic N) is 3. The van der Waals surface area contributed by atoms with Gasteiger partial charge in [-0.3, -0.25) is 9.20 Å². The van der Waals surface area contributed by atoms with Gasteiger partial charge in [-0.1, -0.05) is 31.4 Å². The molecule has 1 amide bonds. The van der Waals surface area contributed by atoms with E-state index < -0.39 is 11.7 Å². The molecule has 34 heavy (non-hydrogen) atoms. The molecule has 1 aromatic carbocycles. The van der Waals surface area contributed by atoms with E-state index >= 15 is 4.39 Å². The fourth-order valence-corrected chi connectivity index (χ4v) is 4.98. The van der Waals surface area contributed by atoms with Crippen molar-refractivity contribution in [3.05, 3.63) is 51.9 Å². The molecule has 0 bridgehead atoms. The minimum atomic E-state index is -0.783. The minimum Gasteiger partial charge on any atom is -0.490 e. The molecule has 0 saturated heterocycles. The number of amides is 1. The van der Waals surface area contributed by atoms with Crippen LogP contribution < -0.4 is 15.8 Å². The number of carbonyl (C=O) groups is 1. The highest BCUT2D eigenvalue weighted by Crippen LogP contribution is 2.40. The van der Waals surface area contributed by atoms with Gasteiger partial charge >= 0.3 is 0 Å². The van der Waals surface area contributed by atoms with Gasteiger partial charge in [0.2, 0.25) is 0 Å². The summed E-state index contributed by atoms with van der Waals surface area (Å²) in [6, 6.07) is 1.52. The van der Waals surface area contributed by atoms with Gasteiger partial charge < -0.3 is 15.8 Å². The van der Waals surface area contributed by atoms with Crippen molar-refractivity contribution in [3.63, 3.8) is 0 Å². The van der Waals surface area contributed by atoms with Crippen molar-refractivity contribution < 1.29 is 13.9 Å². The number of hydrogen-bond acceptors (Lipinski definition) is 5. The molecule has 9 heteroatoms. The first-order chi connectivity index (χ1) is 16.2. The number of halogens is 2. The van der Waals surface area contributed by atoms with E-state index in [1.54, 1.807) is 12.4 Å². The number of fused-ring (bicyclic) bond motifs is 1. The van der Waals surface area contributed by atoms with E-state index in [9.17, 15) is 4.79 Å². The maximum atomic E-state index is 15.3. The Morgan fingerprint density at radius 1 is 1.35 bits per heavy atom. The molecule has 0 spiro atoms. The summed E-state index contributed by atoms with van der Waals surface area (Å²) in [6.07, 6.45) is 7.55. The molecule has 3 N–H and O–H groups in total. The first kappa shape index (κ1) is 24.3. The summed E-state index contributed by atoms with van der Waals surface area (Å²) in [7, 11) is 0. The first-order valence-corrected chi connectivity index (χ1v) is 12.1. The third-order valence-electron chi connectivity index (χ3n) is 6.45. The van der Waals surface area contributed by atoms with Crippen LogP contribution in [0.4, 0.5) is 10.2 Å². The summed E-state index contributed by atoms with van der Waals surface area (Å²) in [5, 5.41) is 2.77. The van der Waals surface area contributed by atoms with Crippen LogP contribution in [-0.4, -0.2) is 32.9 Å². The molecule has 4 rings (SSSR count). The number of rotatable bonds is 7. The third kappa shape index (κ3) is 4.56. The molecule has 2 heterocycles. The van der Waals surface area contributed by atoms with Gasteiger partial charge in [0.1, 0.15) is 28.5 Å². The molecule has 3 aromatic rings. The van der Waals surface area contributed by atoms with Gasteiger partial charge in [-0.05, 0) is 45.6 Å². The second-order valence-corrected chi connectivity index (χ2v) is 9.71. The van der Waals surface area contributed by atoms with Gasteiger partial charge in [0.05, 0.1) is 16.8 Å². The maximum absolute atomic E-state index is 15.3. The molecule has 1 unspecified atom stereocenters. The summed E-state index contributed by atoms with van der Waals surface area (Å²) < 4.78 is 23.2. The van der Waals surface area contributed by atoms with Crippen molar-refractivity contribution in [2.45, 2.75) is 65.4 Å². The number of imidazole rings is 1. The lowest BCUT2D eigenvalue weighted by Gasteiger charge is -2.23. The van der Waals surface area contributed by atoms with E-state index in [0.717, 1.165) is 31.4 Å². The highest BCUT2D eigenvalue weighted by molar-refractivity contribution is 6.31. The Kier molecular flexibility index (Phi) is 6.98. The quantitative estimate of drug-likeness (QED) is 0.473. The summed E-state index contributed by atoms with van der Waals surface area (Å²) in [5.74, 6) is -0.0503. The number of nitrogens with one attached hydrogen (secondary N) is 1. The zero-order valence-corrected chi connectivity index (χ0v) is 20.7. The second kappa shape index (κ2) is 9.78. The smallest absolute Gasteiger partial charge is 0.258 e. The Hall–Kier alpha value is -2.87. The Bertz CT molecular complexity index is 1220. The SMILES string of the molecule is Cc1nc(C(C)c2cc(Cl)c(F)c(C(=O)NCC3CCCC3)c2OC(C)C)n2ccnc(N)c12. The highest BCUT2D eigenvalue weighted by Gasteiger charge is 2.30. The van der Waals surface area contributed by atoms with Gasteiger partial charge in [0.25, 0.3) is 5.91 Å². The standard InChI is InChI=1S/C25H31ClFN5O2/c1-13(2)34-22-17(14(3)24-31-15(4)21-23(28)29-9-10-32(21)24)11-18(26)20(27)19(22)25(33)30-12-16-7-5-6-8-16/h9-11,13-14,16H,5-8,12H2,1-4H3,(H2,28,29)(H,30,33). The minimum absolute atomic E-state index is 0.136. The molecule has 7 nitrogen and oxygen atoms in total. The number of nitrogen functional groups attached to an aromatic ring is 1. The second-order valence-electron chi connectivity index (χ2n) is 9.30. The average Bonchev–Trinajstić information content (AvgIpc) is 3.42. The van der Waals surface area contributed by atoms with E-state index in [4.69, 9.17) is 27.1 Å². The predicted octanol–water partition coefficient (Wildman–Crippen LogP) is 5.27. The van der Waals surface area contributed by atoms with Crippen molar-refractivity contribution in [3.8, 4) is 5.75 Å². The highest BCUT2D eigenvalue weighted by atomic mass is 35.5. The monoisotopic (exact) mass is 487 g/mol. The molecule has 1 aliphatic rings. The topological polar surface area (TPSA) is 94.5 Å². The Labute approximate surface area is 203 Å². The zero-order chi connectivity index (χ0) is 24.6. The first-order valence-electron chi connectivity index (χ1n) is 11.7. The Balaban J connectivity index is 1.81. The number of anilines is 1. The van der Waals surface area contributed by atoms with Crippen LogP contribution in [0.1, 0.15) is 79.8 Å². The van der Waals surface area contributed by atoms with Crippen LogP contribution >= 0.6 is 11.6 Å². The van der Waals surface area contributed by atoms with Crippen LogP contribution in [0.3, 0.4) is 0 Å². The lowest BCUT2D eigenvalue weighted by atomic mass is 9.95. The molecule has 2 aromatic heterocycles. The predicted molar refractivity (Wildman–Crippen MR) is 131 cm³/mol. The van der Waals surface area contributed by atoms with Crippen LogP contribution in [0.25, 0.3) is 5.52 Å². The van der Waals surface area contributed by atoms with Crippen LogP contribution in [-0.2, 0) is 0 Å². The van der Waals surface area contributed by atoms with Crippen LogP contribution in [0.5, 0.6) is 5.75 Å². The average molecular weight is 488 g/mol. The fraction of sp³-hybridized carbons (Fsp3) is 0.480. The molecule has 1 saturated carbocycles. The van der Waals surface area contributed by atoms with Crippen LogP contribution in [0, 0.1) is 18.7 Å². The molecule has 0 aliphatic heterocycles. The molecule has 0 radical (unpaired) electrons. The van der Waals surface area contributed by atoms with Crippen molar-refractivity contribution >= 4 is 28.8 Å². The largest absolute Gasteiger partial charge is 0.490 e. The number of aryl methyl sites for hydroxylation is 1. The van der Waals surface area contributed by atoms with Gasteiger partial charge in [-0.25, -0.2) is 14.4 Å². The number of aromatic nitrogens is 3. The van der Waals surface area contributed by atoms with Gasteiger partial charge in [-0.2, -0.15) is 0 Å². The number of benzene rings is 1. The third-order valence-corrected chi connectivity index (χ3v) is 6.72. The summed E-state index contributed by atoms with van der Waals surface area (Å²) in [5.41, 5.74) is 7.92. The fourth-order valence-electron chi connectivity index (χ4n) is 4.77. The van der Waals surface area contributed by atoms with E-state index in [1.165, 1.54) is 6.07 Å². The Morgan fingerprint density at radius 2 is 2.06 bits per heavy atom. The summed E-state index contributed by atoms with van der Waals surface area (Å²) in [6.45, 7) is 7.95. The number of hydrogen-bond donors (Lipinski definition) is 2. The van der Waals surface area contributed by atoms with E-state index in [0.29, 0.717) is 35.2 Å². The van der Waals surface area contributed by atoms with E-state index in [1.807, 2.05) is 32.1 Å². The van der Waals surface area contributed by atoms with Gasteiger partial charge in [0, 0.05) is 30.4 Å². The molecule has 1 fully saturated rings. The van der Waals surface area contributed by atoms with Crippen molar-refractivity contribution in [1.29, 1.82) is 0 Å². The lowest BCUT2D eigenvalue weighted by Crippen LogP contribution is -2.30. The summed E-state index contributed by atoms with van der Waals surface area (Å²) in [4.78, 5) is 22.1. The number of nitrogens with two attached hydrogens (primary N) is 1. The Morgan fingerprint density at radius 3 is 2.74 bits per heavy atom. The normalized spacial score (nSPS) is 15.3. The van der Waals surface area contributed by atoms with Crippen LogP contribution in [0.2, 0.25) is 5.02 Å². The molecule has 1 atom stereocenters. The molecule has 1 aliphatic carbocycles. The van der Waals surface area contributed by atoms with E-state index in [-0.39, 0.29) is 28.4 Å². The molecular weight excluding hydrogens is 457 g/mol. The number of ether oxygens (including phenoxy) is 1. The van der Waals surface area contributed by atoms with Crippen LogP contribution in [0.15, 0.2) is 18.5 Å².